The van der Waals surface area contributed by atoms with Crippen LogP contribution in [0.25, 0.3) is 0 Å². The van der Waals surface area contributed by atoms with Gasteiger partial charge in [0.15, 0.2) is 0 Å². The van der Waals surface area contributed by atoms with Crippen LogP contribution in [0, 0.1) is 0 Å². The zero-order valence-electron chi connectivity index (χ0n) is 13.8. The second kappa shape index (κ2) is 6.45. The molecular formula is C16H19N3O6S. The molecule has 2 amide bonds. The number of nitrogens with one attached hydrogen (secondary N) is 1. The number of aliphatic hydroxyl groups is 1. The minimum Gasteiger partial charge on any atom is -0.508 e. The van der Waals surface area contributed by atoms with Crippen LogP contribution < -0.4 is 11.1 Å². The van der Waals surface area contributed by atoms with Crippen LogP contribution in [0.2, 0.25) is 0 Å². The van der Waals surface area contributed by atoms with Crippen LogP contribution in [0.4, 0.5) is 0 Å². The molecule has 0 bridgehead atoms. The Morgan fingerprint density at radius 1 is 1.38 bits per heavy atom. The molecule has 2 aliphatic rings. The van der Waals surface area contributed by atoms with Gasteiger partial charge in [0.1, 0.15) is 29.2 Å². The number of carbonyl (C=O) groups is 3. The maximum absolute atomic E-state index is 12.4. The number of fused-ring (bicyclic) bond motifs is 1. The zero-order chi connectivity index (χ0) is 19.2. The average molecular weight is 381 g/mol. The Kier molecular flexibility index (Phi) is 4.59. The third-order valence-corrected chi connectivity index (χ3v) is 6.34. The number of rotatable bonds is 5. The highest BCUT2D eigenvalue weighted by Gasteiger charge is 2.65. The number of carboxylic acid groups (broad SMARTS) is 1. The van der Waals surface area contributed by atoms with E-state index in [4.69, 9.17) is 5.73 Å². The van der Waals surface area contributed by atoms with Gasteiger partial charge in [-0.2, -0.15) is 0 Å². The normalized spacial score (nSPS) is 31.1. The molecule has 10 heteroatoms. The van der Waals surface area contributed by atoms with Crippen molar-refractivity contribution in [1.29, 1.82) is 0 Å². The number of hydrogen-bond acceptors (Lipinski definition) is 7. The van der Waals surface area contributed by atoms with Gasteiger partial charge in [0.05, 0.1) is 11.4 Å². The molecule has 0 aliphatic carbocycles. The van der Waals surface area contributed by atoms with E-state index in [1.54, 1.807) is 6.92 Å². The number of aromatic hydroxyl groups is 1. The average Bonchev–Trinajstić information content (AvgIpc) is 2.90. The maximum atomic E-state index is 12.4. The third kappa shape index (κ3) is 2.79. The second-order valence-corrected chi connectivity index (χ2v) is 8.17. The Hall–Kier alpha value is -2.30. The molecule has 9 nitrogen and oxygen atoms in total. The third-order valence-electron chi connectivity index (χ3n) is 4.71. The van der Waals surface area contributed by atoms with Gasteiger partial charge < -0.3 is 31.3 Å². The van der Waals surface area contributed by atoms with E-state index in [0.717, 1.165) is 11.8 Å². The van der Waals surface area contributed by atoms with E-state index in [2.05, 4.69) is 5.32 Å². The van der Waals surface area contributed by atoms with Crippen molar-refractivity contribution in [2.45, 2.75) is 35.2 Å². The lowest BCUT2D eigenvalue weighted by atomic mass is 9.95. The molecule has 0 spiro atoms. The van der Waals surface area contributed by atoms with Crippen LogP contribution in [0.3, 0.4) is 0 Å². The minimum absolute atomic E-state index is 0.0385. The number of amides is 2. The van der Waals surface area contributed by atoms with Crippen molar-refractivity contribution in [1.82, 2.24) is 10.2 Å². The van der Waals surface area contributed by atoms with Gasteiger partial charge in [-0.15, -0.1) is 11.8 Å². The number of carboxylic acids is 1. The molecule has 0 aromatic heterocycles. The highest BCUT2D eigenvalue weighted by Crippen LogP contribution is 2.50. The highest BCUT2D eigenvalue weighted by atomic mass is 32.2. The van der Waals surface area contributed by atoms with Crippen molar-refractivity contribution in [3.8, 4) is 5.75 Å². The van der Waals surface area contributed by atoms with E-state index in [9.17, 15) is 29.7 Å². The molecule has 1 unspecified atom stereocenters. The van der Waals surface area contributed by atoms with Crippen molar-refractivity contribution >= 4 is 29.5 Å². The summed E-state index contributed by atoms with van der Waals surface area (Å²) in [7, 11) is 0. The van der Waals surface area contributed by atoms with E-state index < -0.39 is 52.6 Å². The quantitative estimate of drug-likeness (QED) is 0.407. The topological polar surface area (TPSA) is 153 Å². The van der Waals surface area contributed by atoms with Gasteiger partial charge in [-0.1, -0.05) is 12.1 Å². The number of aliphatic carboxylic acids is 1. The number of aliphatic hydroxyl groups excluding tert-OH is 1. The number of hydrogen-bond donors (Lipinski definition) is 5. The Morgan fingerprint density at radius 3 is 2.54 bits per heavy atom. The van der Waals surface area contributed by atoms with E-state index in [0.29, 0.717) is 5.56 Å². The molecule has 6 N–H and O–H groups in total. The fourth-order valence-electron chi connectivity index (χ4n) is 3.23. The molecule has 1 aromatic carbocycles. The van der Waals surface area contributed by atoms with Crippen molar-refractivity contribution in [2.75, 3.05) is 6.61 Å². The fourth-order valence-corrected chi connectivity index (χ4v) is 4.86. The Morgan fingerprint density at radius 2 is 2.00 bits per heavy atom. The van der Waals surface area contributed by atoms with Crippen LogP contribution in [-0.4, -0.2) is 66.8 Å². The number of carbonyl (C=O) groups excluding carboxylic acids is 2. The summed E-state index contributed by atoms with van der Waals surface area (Å²) in [6.07, 6.45) is 0. The Balaban J connectivity index is 1.72. The lowest BCUT2D eigenvalue weighted by Crippen LogP contribution is -2.71. The molecule has 1 aromatic rings. The second-order valence-electron chi connectivity index (χ2n) is 6.52. The first kappa shape index (κ1) is 18.5. The van der Waals surface area contributed by atoms with Crippen molar-refractivity contribution in [2.24, 2.45) is 5.73 Å². The first-order chi connectivity index (χ1) is 12.2. The SMILES string of the molecule is CC1(CO)S[C@@H]2[C@H](NC(=O)[C@H](N)c3ccc(O)cc3)C(=O)N2[C@H]1C(=O)O. The molecule has 0 radical (unpaired) electrons. The minimum atomic E-state index is -1.20. The number of nitrogens with zero attached hydrogens (tertiary/aromatic N) is 1. The molecule has 5 atom stereocenters. The number of benzene rings is 1. The highest BCUT2D eigenvalue weighted by molar-refractivity contribution is 8.01. The number of thioether (sulfide) groups is 1. The van der Waals surface area contributed by atoms with E-state index in [1.807, 2.05) is 0 Å². The Bertz CT molecular complexity index is 757. The number of β-lactam (4-membered cyclic amide) rings is 1. The maximum Gasteiger partial charge on any atom is 0.328 e. The van der Waals surface area contributed by atoms with Crippen LogP contribution in [0.5, 0.6) is 5.75 Å². The summed E-state index contributed by atoms with van der Waals surface area (Å²) in [5.74, 6) is -2.26. The van der Waals surface area contributed by atoms with Crippen LogP contribution >= 0.6 is 11.8 Å². The fraction of sp³-hybridized carbons (Fsp3) is 0.438. The molecule has 0 saturated carbocycles. The summed E-state index contributed by atoms with van der Waals surface area (Å²) in [5.41, 5.74) is 6.36. The van der Waals surface area contributed by atoms with Crippen LogP contribution in [0.15, 0.2) is 24.3 Å². The summed E-state index contributed by atoms with van der Waals surface area (Å²) in [6.45, 7) is 1.16. The van der Waals surface area contributed by atoms with E-state index in [1.165, 1.54) is 29.2 Å². The lowest BCUT2D eigenvalue weighted by molar-refractivity contribution is -0.161. The molecule has 140 valence electrons. The molecule has 26 heavy (non-hydrogen) atoms. The van der Waals surface area contributed by atoms with Crippen molar-refractivity contribution < 1.29 is 29.7 Å². The smallest absolute Gasteiger partial charge is 0.328 e. The molecule has 2 fully saturated rings. The molecule has 2 aliphatic heterocycles. The Labute approximate surface area is 153 Å². The molecule has 3 rings (SSSR count). The first-order valence-electron chi connectivity index (χ1n) is 7.88. The summed E-state index contributed by atoms with van der Waals surface area (Å²) in [5, 5.41) is 30.2. The van der Waals surface area contributed by atoms with E-state index >= 15 is 0 Å². The van der Waals surface area contributed by atoms with Gasteiger partial charge in [-0.05, 0) is 24.6 Å². The van der Waals surface area contributed by atoms with Crippen LogP contribution in [0.1, 0.15) is 18.5 Å². The van der Waals surface area contributed by atoms with Gasteiger partial charge in [0.2, 0.25) is 11.8 Å². The first-order valence-corrected chi connectivity index (χ1v) is 8.76. The number of phenolic OH excluding ortho intramolecular Hbond substituents is 1. The largest absolute Gasteiger partial charge is 0.508 e. The summed E-state index contributed by atoms with van der Waals surface area (Å²) in [4.78, 5) is 37.4. The summed E-state index contributed by atoms with van der Waals surface area (Å²) in [6, 6.07) is 2.71. The molecule has 2 heterocycles. The lowest BCUT2D eigenvalue weighted by Gasteiger charge is -2.43. The molecule has 2 saturated heterocycles. The predicted molar refractivity (Wildman–Crippen MR) is 92.1 cm³/mol. The predicted octanol–water partition coefficient (Wildman–Crippen LogP) is -1.00. The molecular weight excluding hydrogens is 362 g/mol. The monoisotopic (exact) mass is 381 g/mol. The van der Waals surface area contributed by atoms with Gasteiger partial charge in [0, 0.05) is 0 Å². The summed E-state index contributed by atoms with van der Waals surface area (Å²) >= 11 is 1.15. The van der Waals surface area contributed by atoms with Gasteiger partial charge in [-0.3, -0.25) is 9.59 Å². The number of nitrogens with two attached hydrogens (primary N) is 1. The van der Waals surface area contributed by atoms with Gasteiger partial charge in [0.25, 0.3) is 0 Å². The van der Waals surface area contributed by atoms with E-state index in [-0.39, 0.29) is 5.75 Å². The van der Waals surface area contributed by atoms with Crippen molar-refractivity contribution in [3.63, 3.8) is 0 Å². The van der Waals surface area contributed by atoms with Gasteiger partial charge in [-0.25, -0.2) is 4.79 Å². The zero-order valence-corrected chi connectivity index (χ0v) is 14.6. The van der Waals surface area contributed by atoms with Crippen molar-refractivity contribution in [3.05, 3.63) is 29.8 Å². The standard InChI is InChI=1S/C16H19N3O6S/c1-16(6-20)11(15(24)25)19-13(23)10(14(19)26-16)18-12(22)9(17)7-2-4-8(21)5-3-7/h2-5,9-11,14,20-21H,6,17H2,1H3,(H,18,22)(H,24,25)/t9-,10-,11+,14-,16?/m1/s1. The van der Waals surface area contributed by atoms with Crippen LogP contribution in [-0.2, 0) is 14.4 Å². The summed E-state index contributed by atoms with van der Waals surface area (Å²) < 4.78 is -1.05. The van der Waals surface area contributed by atoms with Gasteiger partial charge >= 0.3 is 5.97 Å². The number of phenols is 1.